The summed E-state index contributed by atoms with van der Waals surface area (Å²) in [5, 5.41) is 2.07. The van der Waals surface area contributed by atoms with Gasteiger partial charge in [-0.15, -0.1) is 11.3 Å². The van der Waals surface area contributed by atoms with Crippen molar-refractivity contribution in [2.75, 3.05) is 24.2 Å². The molecule has 0 spiro atoms. The third-order valence-electron chi connectivity index (χ3n) is 4.15. The van der Waals surface area contributed by atoms with E-state index in [1.165, 1.54) is 0 Å². The Morgan fingerprint density at radius 1 is 1.07 bits per heavy atom. The van der Waals surface area contributed by atoms with Crippen LogP contribution in [0.5, 0.6) is 11.6 Å². The van der Waals surface area contributed by atoms with E-state index in [9.17, 15) is 8.42 Å². The van der Waals surface area contributed by atoms with Crippen LogP contribution in [-0.4, -0.2) is 32.9 Å². The fourth-order valence-electron chi connectivity index (χ4n) is 3.02. The summed E-state index contributed by atoms with van der Waals surface area (Å²) in [7, 11) is -3.29. The highest BCUT2D eigenvalue weighted by Crippen LogP contribution is 2.42. The summed E-state index contributed by atoms with van der Waals surface area (Å²) in [5.41, 5.74) is 4.61. The van der Waals surface area contributed by atoms with Crippen molar-refractivity contribution in [1.29, 1.82) is 0 Å². The zero-order chi connectivity index (χ0) is 21.0. The second-order valence-electron chi connectivity index (χ2n) is 6.29. The molecule has 154 valence electrons. The van der Waals surface area contributed by atoms with Crippen LogP contribution in [0.3, 0.4) is 0 Å². The van der Waals surface area contributed by atoms with E-state index in [1.807, 2.05) is 39.0 Å². The fourth-order valence-corrected chi connectivity index (χ4v) is 4.57. The molecule has 0 unspecified atom stereocenters. The van der Waals surface area contributed by atoms with Gasteiger partial charge in [0.25, 0.3) is 5.88 Å². The molecule has 1 aliphatic heterocycles. The minimum absolute atomic E-state index is 0.505. The van der Waals surface area contributed by atoms with Crippen LogP contribution in [0.1, 0.15) is 19.4 Å². The number of aromatic nitrogens is 1. The highest BCUT2D eigenvalue weighted by Gasteiger charge is 2.19. The van der Waals surface area contributed by atoms with E-state index >= 15 is 0 Å². The predicted molar refractivity (Wildman–Crippen MR) is 119 cm³/mol. The number of thiophene rings is 1. The topological polar surface area (TPSA) is 77.5 Å². The van der Waals surface area contributed by atoms with Gasteiger partial charge in [0.15, 0.2) is 5.75 Å². The van der Waals surface area contributed by atoms with Crippen LogP contribution in [0, 0.1) is 6.92 Å². The number of sulfonamides is 1. The average molecular weight is 433 g/mol. The molecule has 1 N–H and O–H groups in total. The average Bonchev–Trinajstić information content (AvgIpc) is 3.17. The van der Waals surface area contributed by atoms with Gasteiger partial charge in [0.05, 0.1) is 6.26 Å². The summed E-state index contributed by atoms with van der Waals surface area (Å²) in [4.78, 5) is 5.32. The Morgan fingerprint density at radius 2 is 1.83 bits per heavy atom. The molecule has 1 aliphatic rings. The number of benzene rings is 1. The van der Waals surface area contributed by atoms with Gasteiger partial charge < -0.3 is 9.47 Å². The summed E-state index contributed by atoms with van der Waals surface area (Å²) in [6.45, 7) is 6.98. The molecule has 6 nitrogen and oxygen atoms in total. The van der Waals surface area contributed by atoms with E-state index in [1.54, 1.807) is 23.6 Å². The number of rotatable bonds is 4. The minimum atomic E-state index is -3.29. The van der Waals surface area contributed by atoms with Gasteiger partial charge in [0.2, 0.25) is 10.0 Å². The van der Waals surface area contributed by atoms with Gasteiger partial charge in [0.1, 0.15) is 13.2 Å². The molecule has 3 heterocycles. The standard InChI is InChI=1S/C19H18N2O4S2.C2H6/c1-12-9-14(21-27(2,22)23)3-4-15(12)17-10-13(11-26-17)16-5-6-20-19-18(16)24-7-8-25-19;1-2/h3-6,9-11,21H,7-8H2,1-2H3;1-2H3. The third kappa shape index (κ3) is 4.89. The Labute approximate surface area is 175 Å². The van der Waals surface area contributed by atoms with Crippen LogP contribution < -0.4 is 14.2 Å². The first-order valence-electron chi connectivity index (χ1n) is 9.33. The number of pyridine rings is 1. The Kier molecular flexibility index (Phi) is 6.44. The molecule has 0 bridgehead atoms. The molecule has 8 heteroatoms. The maximum Gasteiger partial charge on any atom is 0.257 e. The van der Waals surface area contributed by atoms with E-state index < -0.39 is 10.0 Å². The molecule has 1 aromatic carbocycles. The van der Waals surface area contributed by atoms with Crippen molar-refractivity contribution in [3.05, 3.63) is 47.5 Å². The summed E-state index contributed by atoms with van der Waals surface area (Å²) in [6.07, 6.45) is 2.86. The smallest absolute Gasteiger partial charge is 0.257 e. The molecule has 0 amide bonds. The van der Waals surface area contributed by atoms with Gasteiger partial charge in [-0.1, -0.05) is 19.9 Å². The van der Waals surface area contributed by atoms with Crippen molar-refractivity contribution in [3.63, 3.8) is 0 Å². The molecule has 29 heavy (non-hydrogen) atoms. The first-order valence-corrected chi connectivity index (χ1v) is 12.1. The lowest BCUT2D eigenvalue weighted by molar-refractivity contribution is 0.165. The molecule has 0 saturated heterocycles. The third-order valence-corrected chi connectivity index (χ3v) is 5.72. The number of anilines is 1. The lowest BCUT2D eigenvalue weighted by Crippen LogP contribution is -2.16. The number of nitrogens with one attached hydrogen (secondary N) is 1. The number of fused-ring (bicyclic) bond motifs is 1. The summed E-state index contributed by atoms with van der Waals surface area (Å²) in [6, 6.07) is 9.56. The second-order valence-corrected chi connectivity index (χ2v) is 8.95. The number of hydrogen-bond donors (Lipinski definition) is 1. The number of hydrogen-bond acceptors (Lipinski definition) is 6. The van der Waals surface area contributed by atoms with E-state index in [0.29, 0.717) is 30.5 Å². The summed E-state index contributed by atoms with van der Waals surface area (Å²) < 4.78 is 36.6. The Hall–Kier alpha value is -2.58. The Bertz CT molecular complexity index is 1110. The number of ether oxygens (including phenoxy) is 2. The number of nitrogens with zero attached hydrogens (tertiary/aromatic N) is 1. The Balaban J connectivity index is 0.00000117. The van der Waals surface area contributed by atoms with Gasteiger partial charge in [-0.05, 0) is 53.3 Å². The highest BCUT2D eigenvalue weighted by atomic mass is 32.2. The van der Waals surface area contributed by atoms with E-state index in [0.717, 1.165) is 33.4 Å². The molecule has 0 saturated carbocycles. The van der Waals surface area contributed by atoms with Crippen LogP contribution in [0.25, 0.3) is 21.6 Å². The van der Waals surface area contributed by atoms with Crippen molar-refractivity contribution in [1.82, 2.24) is 4.98 Å². The van der Waals surface area contributed by atoms with E-state index in [-0.39, 0.29) is 0 Å². The first kappa shape index (κ1) is 21.1. The molecular formula is C21H24N2O4S2. The molecule has 0 fully saturated rings. The Morgan fingerprint density at radius 3 is 2.55 bits per heavy atom. The van der Waals surface area contributed by atoms with Gasteiger partial charge >= 0.3 is 0 Å². The summed E-state index contributed by atoms with van der Waals surface area (Å²) >= 11 is 1.63. The second kappa shape index (κ2) is 8.84. The summed E-state index contributed by atoms with van der Waals surface area (Å²) in [5.74, 6) is 1.21. The molecule has 3 aromatic rings. The quantitative estimate of drug-likeness (QED) is 0.631. The molecular weight excluding hydrogens is 408 g/mol. The molecule has 0 atom stereocenters. The van der Waals surface area contributed by atoms with Crippen LogP contribution in [0.15, 0.2) is 41.9 Å². The molecule has 0 radical (unpaired) electrons. The normalized spacial score (nSPS) is 12.7. The van der Waals surface area contributed by atoms with E-state index in [2.05, 4.69) is 21.2 Å². The van der Waals surface area contributed by atoms with Crippen molar-refractivity contribution < 1.29 is 17.9 Å². The zero-order valence-electron chi connectivity index (χ0n) is 16.9. The maximum atomic E-state index is 11.4. The molecule has 4 rings (SSSR count). The predicted octanol–water partition coefficient (Wildman–Crippen LogP) is 4.95. The van der Waals surface area contributed by atoms with Crippen molar-refractivity contribution in [2.24, 2.45) is 0 Å². The van der Waals surface area contributed by atoms with Gasteiger partial charge in [-0.3, -0.25) is 4.72 Å². The van der Waals surface area contributed by atoms with Crippen LogP contribution in [0.4, 0.5) is 5.69 Å². The van der Waals surface area contributed by atoms with Crippen molar-refractivity contribution in [3.8, 4) is 33.2 Å². The van der Waals surface area contributed by atoms with Gasteiger partial charge in [0, 0.05) is 22.3 Å². The maximum absolute atomic E-state index is 11.4. The highest BCUT2D eigenvalue weighted by molar-refractivity contribution is 7.92. The van der Waals surface area contributed by atoms with Crippen molar-refractivity contribution in [2.45, 2.75) is 20.8 Å². The lowest BCUT2D eigenvalue weighted by Gasteiger charge is -2.19. The minimum Gasteiger partial charge on any atom is -0.484 e. The SMILES string of the molecule is CC.Cc1cc(NS(C)(=O)=O)ccc1-c1cc(-c2ccnc3c2OCCO3)cs1. The van der Waals surface area contributed by atoms with E-state index in [4.69, 9.17) is 9.47 Å². The monoisotopic (exact) mass is 432 g/mol. The van der Waals surface area contributed by atoms with Crippen LogP contribution in [0.2, 0.25) is 0 Å². The van der Waals surface area contributed by atoms with Gasteiger partial charge in [-0.25, -0.2) is 13.4 Å². The van der Waals surface area contributed by atoms with Crippen LogP contribution in [-0.2, 0) is 10.0 Å². The first-order chi connectivity index (χ1) is 13.9. The fraction of sp³-hybridized carbons (Fsp3) is 0.286. The lowest BCUT2D eigenvalue weighted by atomic mass is 10.0. The van der Waals surface area contributed by atoms with Crippen molar-refractivity contribution >= 4 is 27.0 Å². The zero-order valence-corrected chi connectivity index (χ0v) is 18.5. The number of aryl methyl sites for hydroxylation is 1. The van der Waals surface area contributed by atoms with Gasteiger partial charge in [-0.2, -0.15) is 0 Å². The van der Waals surface area contributed by atoms with Crippen LogP contribution >= 0.6 is 11.3 Å². The molecule has 0 aliphatic carbocycles. The molecule has 2 aromatic heterocycles. The largest absolute Gasteiger partial charge is 0.484 e.